The second-order valence-electron chi connectivity index (χ2n) is 7.65. The smallest absolute Gasteiger partial charge is 0.403 e. The Kier molecular flexibility index (Phi) is 4.63. The predicted octanol–water partition coefficient (Wildman–Crippen LogP) is 3.14. The summed E-state index contributed by atoms with van der Waals surface area (Å²) >= 11 is 0. The van der Waals surface area contributed by atoms with Crippen LogP contribution in [-0.2, 0) is 9.31 Å². The topological polar surface area (TPSA) is 44.5 Å². The molecule has 0 aromatic carbocycles. The third-order valence-electron chi connectivity index (χ3n) is 5.41. The normalized spacial score (nSPS) is 36.5. The van der Waals surface area contributed by atoms with Crippen LogP contribution in [0.25, 0.3) is 0 Å². The lowest BCUT2D eigenvalue weighted by Gasteiger charge is -2.35. The first-order valence-electron chi connectivity index (χ1n) is 8.20. The third kappa shape index (κ3) is 2.95. The van der Waals surface area contributed by atoms with Crippen molar-refractivity contribution < 1.29 is 9.31 Å². The fourth-order valence-corrected chi connectivity index (χ4v) is 3.49. The summed E-state index contributed by atoms with van der Waals surface area (Å²) in [5, 5.41) is -0.0181. The van der Waals surface area contributed by atoms with Crippen molar-refractivity contribution in [3.8, 4) is 0 Å². The van der Waals surface area contributed by atoms with Crippen molar-refractivity contribution >= 4 is 14.4 Å². The molecule has 2 N–H and O–H groups in total. The van der Waals surface area contributed by atoms with Crippen molar-refractivity contribution in [3.63, 3.8) is 0 Å². The van der Waals surface area contributed by atoms with E-state index in [0.29, 0.717) is 0 Å². The van der Waals surface area contributed by atoms with Gasteiger partial charge in [0.15, 0.2) is 0 Å². The highest BCUT2D eigenvalue weighted by atomic mass is 16.7. The van der Waals surface area contributed by atoms with Crippen LogP contribution in [0.3, 0.4) is 0 Å². The zero-order valence-electron chi connectivity index (χ0n) is 13.9. The summed E-state index contributed by atoms with van der Waals surface area (Å²) in [6, 6.07) is 0. The van der Waals surface area contributed by atoms with Crippen molar-refractivity contribution in [1.82, 2.24) is 0 Å². The highest BCUT2D eigenvalue weighted by Crippen LogP contribution is 2.50. The standard InChI is InChI=1S/C15H30B2NO2/c1-6-10-15(11-8-7-9-12(18)16-15)17-19-13(2,3)14(4,5)20-17/h12H,6-11,18H2,1-5H3. The highest BCUT2D eigenvalue weighted by molar-refractivity contribution is 6.68. The Bertz CT molecular complexity index is 333. The molecule has 2 rings (SSSR count). The molecule has 0 saturated carbocycles. The minimum absolute atomic E-state index is 0.0181. The summed E-state index contributed by atoms with van der Waals surface area (Å²) in [7, 11) is 2.18. The molecule has 2 fully saturated rings. The van der Waals surface area contributed by atoms with Crippen molar-refractivity contribution in [2.75, 3.05) is 0 Å². The SMILES string of the molecule is CCCC1(B2OC(C)(C)C(C)(C)O2)[B]C(N)CCCC1. The Morgan fingerprint density at radius 1 is 1.15 bits per heavy atom. The van der Waals surface area contributed by atoms with Crippen molar-refractivity contribution in [2.24, 2.45) is 5.73 Å². The molecule has 0 aromatic rings. The van der Waals surface area contributed by atoms with E-state index < -0.39 is 0 Å². The van der Waals surface area contributed by atoms with E-state index in [2.05, 4.69) is 41.9 Å². The van der Waals surface area contributed by atoms with Crippen molar-refractivity contribution in [2.45, 2.75) is 95.5 Å². The van der Waals surface area contributed by atoms with Gasteiger partial charge in [0.05, 0.1) is 11.2 Å². The van der Waals surface area contributed by atoms with Crippen LogP contribution in [0.2, 0.25) is 5.21 Å². The van der Waals surface area contributed by atoms with Gasteiger partial charge in [-0.25, -0.2) is 0 Å². The molecular formula is C15H30B2NO2. The Morgan fingerprint density at radius 3 is 2.30 bits per heavy atom. The van der Waals surface area contributed by atoms with Crippen molar-refractivity contribution in [1.29, 1.82) is 0 Å². The Labute approximate surface area is 125 Å². The van der Waals surface area contributed by atoms with Gasteiger partial charge in [0.25, 0.3) is 0 Å². The molecule has 5 heteroatoms. The van der Waals surface area contributed by atoms with Crippen LogP contribution in [0.5, 0.6) is 0 Å². The number of nitrogens with two attached hydrogens (primary N) is 1. The molecule has 113 valence electrons. The first-order chi connectivity index (χ1) is 9.22. The molecule has 3 nitrogen and oxygen atoms in total. The van der Waals surface area contributed by atoms with E-state index >= 15 is 0 Å². The van der Waals surface area contributed by atoms with Gasteiger partial charge < -0.3 is 15.0 Å². The average Bonchev–Trinajstić information content (AvgIpc) is 2.48. The second kappa shape index (κ2) is 5.66. The van der Waals surface area contributed by atoms with E-state index in [0.717, 1.165) is 25.7 Å². The highest BCUT2D eigenvalue weighted by Gasteiger charge is 2.59. The molecule has 0 bridgehead atoms. The number of hydrogen-bond donors (Lipinski definition) is 1. The molecule has 0 aliphatic carbocycles. The first-order valence-corrected chi connectivity index (χ1v) is 8.20. The number of rotatable bonds is 3. The molecule has 2 heterocycles. The molecule has 2 aliphatic rings. The molecule has 2 atom stereocenters. The average molecular weight is 278 g/mol. The monoisotopic (exact) mass is 278 g/mol. The van der Waals surface area contributed by atoms with Crippen LogP contribution < -0.4 is 5.73 Å². The summed E-state index contributed by atoms with van der Waals surface area (Å²) in [6.45, 7) is 10.7. The van der Waals surface area contributed by atoms with Gasteiger partial charge in [-0.15, -0.1) is 0 Å². The maximum atomic E-state index is 6.35. The predicted molar refractivity (Wildman–Crippen MR) is 85.9 cm³/mol. The van der Waals surface area contributed by atoms with Gasteiger partial charge >= 0.3 is 7.12 Å². The summed E-state index contributed by atoms with van der Waals surface area (Å²) < 4.78 is 12.7. The van der Waals surface area contributed by atoms with Crippen LogP contribution in [0.1, 0.15) is 73.1 Å². The van der Waals surface area contributed by atoms with E-state index in [-0.39, 0.29) is 29.5 Å². The lowest BCUT2D eigenvalue weighted by atomic mass is 9.32. The fourth-order valence-electron chi connectivity index (χ4n) is 3.49. The summed E-state index contributed by atoms with van der Waals surface area (Å²) in [5.74, 6) is 0.170. The Balaban J connectivity index is 2.25. The molecule has 1 radical (unpaired) electrons. The van der Waals surface area contributed by atoms with Gasteiger partial charge in [-0.05, 0) is 45.3 Å². The molecule has 2 unspecified atom stereocenters. The number of hydrogen-bond acceptors (Lipinski definition) is 3. The fraction of sp³-hybridized carbons (Fsp3) is 1.00. The lowest BCUT2D eigenvalue weighted by molar-refractivity contribution is 0.00578. The Morgan fingerprint density at radius 2 is 1.75 bits per heavy atom. The summed E-state index contributed by atoms with van der Waals surface area (Å²) in [6.07, 6.45) is 6.87. The van der Waals surface area contributed by atoms with Crippen LogP contribution in [0.4, 0.5) is 0 Å². The minimum Gasteiger partial charge on any atom is -0.403 e. The van der Waals surface area contributed by atoms with Crippen LogP contribution in [0.15, 0.2) is 0 Å². The maximum absolute atomic E-state index is 6.35. The zero-order valence-corrected chi connectivity index (χ0v) is 13.9. The lowest BCUT2D eigenvalue weighted by Crippen LogP contribution is -2.46. The molecule has 20 heavy (non-hydrogen) atoms. The largest absolute Gasteiger partial charge is 0.456 e. The van der Waals surface area contributed by atoms with E-state index in [1.807, 2.05) is 0 Å². The minimum atomic E-state index is -0.261. The zero-order chi connectivity index (χ0) is 15.0. The van der Waals surface area contributed by atoms with Gasteiger partial charge in [0, 0.05) is 0 Å². The van der Waals surface area contributed by atoms with E-state index in [9.17, 15) is 0 Å². The van der Waals surface area contributed by atoms with Gasteiger partial charge in [0.1, 0.15) is 7.28 Å². The van der Waals surface area contributed by atoms with Crippen LogP contribution >= 0.6 is 0 Å². The van der Waals surface area contributed by atoms with Gasteiger partial charge in [0.2, 0.25) is 0 Å². The van der Waals surface area contributed by atoms with Gasteiger partial charge in [-0.2, -0.15) is 0 Å². The molecule has 0 amide bonds. The second-order valence-corrected chi connectivity index (χ2v) is 7.65. The molecule has 2 aliphatic heterocycles. The quantitative estimate of drug-likeness (QED) is 0.806. The van der Waals surface area contributed by atoms with Crippen LogP contribution in [0, 0.1) is 0 Å². The van der Waals surface area contributed by atoms with Gasteiger partial charge in [-0.1, -0.05) is 39.0 Å². The maximum Gasteiger partial charge on any atom is 0.456 e. The molecule has 2 saturated heterocycles. The third-order valence-corrected chi connectivity index (χ3v) is 5.41. The van der Waals surface area contributed by atoms with E-state index in [1.165, 1.54) is 12.8 Å². The molecular weight excluding hydrogens is 248 g/mol. The Hall–Kier alpha value is 0.00987. The molecule has 0 spiro atoms. The summed E-state index contributed by atoms with van der Waals surface area (Å²) in [4.78, 5) is 0. The van der Waals surface area contributed by atoms with E-state index in [4.69, 9.17) is 15.0 Å². The summed E-state index contributed by atoms with van der Waals surface area (Å²) in [5.41, 5.74) is 5.75. The van der Waals surface area contributed by atoms with E-state index in [1.54, 1.807) is 0 Å². The molecule has 0 aromatic heterocycles. The van der Waals surface area contributed by atoms with Crippen molar-refractivity contribution in [3.05, 3.63) is 0 Å². The first kappa shape index (κ1) is 16.4. The van der Waals surface area contributed by atoms with Crippen LogP contribution in [-0.4, -0.2) is 31.5 Å². The van der Waals surface area contributed by atoms with Gasteiger partial charge in [-0.3, -0.25) is 0 Å².